The zero-order valence-corrected chi connectivity index (χ0v) is 13.1. The molecule has 0 atom stereocenters. The van der Waals surface area contributed by atoms with Gasteiger partial charge < -0.3 is 5.32 Å². The van der Waals surface area contributed by atoms with Crippen LogP contribution in [0, 0.1) is 5.92 Å². The zero-order valence-electron chi connectivity index (χ0n) is 12.3. The van der Waals surface area contributed by atoms with E-state index in [0.717, 1.165) is 24.3 Å². The molecule has 1 aliphatic rings. The Bertz CT molecular complexity index is 352. The second kappa shape index (κ2) is 7.96. The predicted octanol–water partition coefficient (Wildman–Crippen LogP) is 4.86. The minimum absolute atomic E-state index is 0.849. The van der Waals surface area contributed by atoms with Gasteiger partial charge in [-0.3, -0.25) is 0 Å². The van der Waals surface area contributed by atoms with E-state index in [-0.39, 0.29) is 0 Å². The molecule has 1 nitrogen and oxygen atoms in total. The highest BCUT2D eigenvalue weighted by Crippen LogP contribution is 2.36. The molecular weight excluding hydrogens is 250 g/mol. The second-order valence-corrected chi connectivity index (χ2v) is 6.97. The van der Waals surface area contributed by atoms with Crippen molar-refractivity contribution in [3.63, 3.8) is 0 Å². The molecule has 0 spiro atoms. The SMILES string of the molecule is CCNCc1ccc(SC2CCC(CC)CC2)cc1. The third-order valence-electron chi connectivity index (χ3n) is 4.18. The fraction of sp³-hybridized carbons (Fsp3) is 0.647. The van der Waals surface area contributed by atoms with Crippen molar-refractivity contribution >= 4 is 11.8 Å². The number of hydrogen-bond acceptors (Lipinski definition) is 2. The van der Waals surface area contributed by atoms with Gasteiger partial charge in [0.2, 0.25) is 0 Å². The van der Waals surface area contributed by atoms with Crippen molar-refractivity contribution < 1.29 is 0 Å². The van der Waals surface area contributed by atoms with Gasteiger partial charge in [-0.25, -0.2) is 0 Å². The Morgan fingerprint density at radius 3 is 2.32 bits per heavy atom. The van der Waals surface area contributed by atoms with E-state index >= 15 is 0 Å². The summed E-state index contributed by atoms with van der Waals surface area (Å²) in [5.41, 5.74) is 1.39. The van der Waals surface area contributed by atoms with Crippen LogP contribution >= 0.6 is 11.8 Å². The van der Waals surface area contributed by atoms with Gasteiger partial charge in [-0.05, 0) is 55.8 Å². The maximum atomic E-state index is 3.37. The van der Waals surface area contributed by atoms with E-state index < -0.39 is 0 Å². The van der Waals surface area contributed by atoms with Gasteiger partial charge in [0.1, 0.15) is 0 Å². The van der Waals surface area contributed by atoms with Crippen LogP contribution in [-0.4, -0.2) is 11.8 Å². The number of rotatable bonds is 6. The normalized spacial score (nSPS) is 23.5. The van der Waals surface area contributed by atoms with Gasteiger partial charge in [-0.15, -0.1) is 11.8 Å². The van der Waals surface area contributed by atoms with Crippen molar-refractivity contribution in [3.8, 4) is 0 Å². The summed E-state index contributed by atoms with van der Waals surface area (Å²) in [6.45, 7) is 6.51. The first-order valence-corrected chi connectivity index (χ1v) is 8.66. The molecule has 0 aromatic heterocycles. The third kappa shape index (κ3) is 4.85. The van der Waals surface area contributed by atoms with E-state index in [1.807, 2.05) is 0 Å². The van der Waals surface area contributed by atoms with Crippen LogP contribution in [0.15, 0.2) is 29.2 Å². The molecule has 0 saturated heterocycles. The van der Waals surface area contributed by atoms with Gasteiger partial charge in [0.25, 0.3) is 0 Å². The number of nitrogens with one attached hydrogen (secondary N) is 1. The molecule has 2 heteroatoms. The highest BCUT2D eigenvalue weighted by atomic mass is 32.2. The predicted molar refractivity (Wildman–Crippen MR) is 85.7 cm³/mol. The molecule has 1 saturated carbocycles. The smallest absolute Gasteiger partial charge is 0.0205 e. The maximum Gasteiger partial charge on any atom is 0.0205 e. The summed E-state index contributed by atoms with van der Waals surface area (Å²) in [5.74, 6) is 0.999. The first kappa shape index (κ1) is 14.9. The molecule has 1 aromatic rings. The molecule has 0 aliphatic heterocycles. The van der Waals surface area contributed by atoms with Gasteiger partial charge in [0.15, 0.2) is 0 Å². The standard InChI is InChI=1S/C17H27NS/c1-3-14-5-9-16(10-6-14)19-17-11-7-15(8-12-17)13-18-4-2/h7-8,11-12,14,16,18H,3-6,9-10,13H2,1-2H3. The van der Waals surface area contributed by atoms with Crippen molar-refractivity contribution in [2.75, 3.05) is 6.54 Å². The van der Waals surface area contributed by atoms with E-state index in [2.05, 4.69) is 55.2 Å². The van der Waals surface area contributed by atoms with E-state index in [0.29, 0.717) is 0 Å². The van der Waals surface area contributed by atoms with Gasteiger partial charge >= 0.3 is 0 Å². The third-order valence-corrected chi connectivity index (χ3v) is 5.53. The summed E-state index contributed by atoms with van der Waals surface area (Å²) in [5, 5.41) is 4.22. The van der Waals surface area contributed by atoms with E-state index in [9.17, 15) is 0 Å². The summed E-state index contributed by atoms with van der Waals surface area (Å²) in [4.78, 5) is 1.44. The van der Waals surface area contributed by atoms with Crippen molar-refractivity contribution in [2.45, 2.75) is 62.6 Å². The molecule has 0 bridgehead atoms. The Morgan fingerprint density at radius 1 is 1.05 bits per heavy atom. The monoisotopic (exact) mass is 277 g/mol. The van der Waals surface area contributed by atoms with Gasteiger partial charge in [0.05, 0.1) is 0 Å². The van der Waals surface area contributed by atoms with Gasteiger partial charge in [-0.2, -0.15) is 0 Å². The maximum absolute atomic E-state index is 3.37. The van der Waals surface area contributed by atoms with Crippen LogP contribution in [0.2, 0.25) is 0 Å². The molecule has 1 aliphatic carbocycles. The molecule has 0 unspecified atom stereocenters. The Hall–Kier alpha value is -0.470. The van der Waals surface area contributed by atoms with Crippen LogP contribution in [0.4, 0.5) is 0 Å². The molecule has 1 fully saturated rings. The summed E-state index contributed by atoms with van der Waals surface area (Å²) >= 11 is 2.09. The Kier molecular flexibility index (Phi) is 6.25. The van der Waals surface area contributed by atoms with Crippen LogP contribution in [-0.2, 0) is 6.54 Å². The van der Waals surface area contributed by atoms with Crippen LogP contribution < -0.4 is 5.32 Å². The minimum Gasteiger partial charge on any atom is -0.313 e. The Balaban J connectivity index is 1.79. The molecule has 0 radical (unpaired) electrons. The lowest BCUT2D eigenvalue weighted by atomic mass is 9.87. The van der Waals surface area contributed by atoms with Crippen molar-refractivity contribution in [3.05, 3.63) is 29.8 Å². The summed E-state index contributed by atoms with van der Waals surface area (Å²) in [6, 6.07) is 9.12. The topological polar surface area (TPSA) is 12.0 Å². The van der Waals surface area contributed by atoms with Gasteiger partial charge in [-0.1, -0.05) is 32.4 Å². The second-order valence-electron chi connectivity index (χ2n) is 5.59. The van der Waals surface area contributed by atoms with Crippen molar-refractivity contribution in [1.29, 1.82) is 0 Å². The average Bonchev–Trinajstić information content (AvgIpc) is 2.47. The molecule has 0 heterocycles. The molecule has 1 aromatic carbocycles. The quantitative estimate of drug-likeness (QED) is 0.797. The molecular formula is C17H27NS. The largest absolute Gasteiger partial charge is 0.313 e. The fourth-order valence-corrected chi connectivity index (χ4v) is 3.99. The highest BCUT2D eigenvalue weighted by Gasteiger charge is 2.20. The first-order valence-electron chi connectivity index (χ1n) is 7.78. The highest BCUT2D eigenvalue weighted by molar-refractivity contribution is 8.00. The molecule has 0 amide bonds. The number of thioether (sulfide) groups is 1. The van der Waals surface area contributed by atoms with Crippen molar-refractivity contribution in [1.82, 2.24) is 5.32 Å². The molecule has 2 rings (SSSR count). The van der Waals surface area contributed by atoms with Crippen LogP contribution in [0.3, 0.4) is 0 Å². The Labute approximate surface area is 122 Å². The lowest BCUT2D eigenvalue weighted by Gasteiger charge is -2.27. The van der Waals surface area contributed by atoms with Crippen LogP contribution in [0.25, 0.3) is 0 Å². The lowest BCUT2D eigenvalue weighted by Crippen LogP contribution is -2.15. The minimum atomic E-state index is 0.849. The van der Waals surface area contributed by atoms with Crippen molar-refractivity contribution in [2.24, 2.45) is 5.92 Å². The van der Waals surface area contributed by atoms with E-state index in [4.69, 9.17) is 0 Å². The zero-order chi connectivity index (χ0) is 13.5. The fourth-order valence-electron chi connectivity index (χ4n) is 2.81. The molecule has 1 N–H and O–H groups in total. The summed E-state index contributed by atoms with van der Waals surface area (Å²) in [6.07, 6.45) is 7.06. The van der Waals surface area contributed by atoms with E-state index in [1.54, 1.807) is 0 Å². The molecule has 106 valence electrons. The van der Waals surface area contributed by atoms with Gasteiger partial charge in [0, 0.05) is 16.7 Å². The van der Waals surface area contributed by atoms with E-state index in [1.165, 1.54) is 42.6 Å². The average molecular weight is 277 g/mol. The number of hydrogen-bond donors (Lipinski definition) is 1. The summed E-state index contributed by atoms with van der Waals surface area (Å²) < 4.78 is 0. The number of benzene rings is 1. The summed E-state index contributed by atoms with van der Waals surface area (Å²) in [7, 11) is 0. The lowest BCUT2D eigenvalue weighted by molar-refractivity contribution is 0.356. The first-order chi connectivity index (χ1) is 9.31. The van der Waals surface area contributed by atoms with Crippen LogP contribution in [0.1, 0.15) is 51.5 Å². The Morgan fingerprint density at radius 2 is 1.74 bits per heavy atom. The molecule has 19 heavy (non-hydrogen) atoms. The van der Waals surface area contributed by atoms with Crippen LogP contribution in [0.5, 0.6) is 0 Å².